The Morgan fingerprint density at radius 2 is 2.04 bits per heavy atom. The number of aromatic nitrogens is 1. The molecule has 0 spiro atoms. The topological polar surface area (TPSA) is 63.4 Å². The number of carbonyl (C=O) groups is 1. The number of carbonyl (C=O) groups excluding carboxylic acids is 1. The molecular formula is C16H17FN2O3S. The molecule has 1 fully saturated rings. The van der Waals surface area contributed by atoms with Crippen molar-refractivity contribution in [3.63, 3.8) is 0 Å². The molecule has 3 rings (SSSR count). The number of hydrogen-bond acceptors (Lipinski definition) is 4. The Morgan fingerprint density at radius 3 is 2.70 bits per heavy atom. The Balaban J connectivity index is 1.79. The van der Waals surface area contributed by atoms with Gasteiger partial charge in [-0.15, -0.1) is 0 Å². The van der Waals surface area contributed by atoms with Crippen molar-refractivity contribution < 1.29 is 17.9 Å². The van der Waals surface area contributed by atoms with Gasteiger partial charge in [-0.3, -0.25) is 9.00 Å². The average Bonchev–Trinajstić information content (AvgIpc) is 3.00. The van der Waals surface area contributed by atoms with Crippen molar-refractivity contribution in [2.45, 2.75) is 18.6 Å². The van der Waals surface area contributed by atoms with E-state index in [1.165, 1.54) is 12.1 Å². The molecule has 122 valence electrons. The van der Waals surface area contributed by atoms with Gasteiger partial charge < -0.3 is 9.42 Å². The van der Waals surface area contributed by atoms with Gasteiger partial charge in [0.05, 0.1) is 4.75 Å². The molecule has 2 aromatic rings. The third-order valence-corrected chi connectivity index (χ3v) is 5.79. The van der Waals surface area contributed by atoms with Gasteiger partial charge in [-0.25, -0.2) is 4.39 Å². The lowest BCUT2D eigenvalue weighted by molar-refractivity contribution is 0.0735. The molecule has 0 saturated carbocycles. The van der Waals surface area contributed by atoms with Gasteiger partial charge in [0.1, 0.15) is 5.82 Å². The zero-order chi connectivity index (χ0) is 16.6. The summed E-state index contributed by atoms with van der Waals surface area (Å²) < 4.78 is 29.7. The van der Waals surface area contributed by atoms with E-state index >= 15 is 0 Å². The molecule has 1 unspecified atom stereocenters. The number of amides is 1. The van der Waals surface area contributed by atoms with Crippen molar-refractivity contribution in [1.82, 2.24) is 10.1 Å². The van der Waals surface area contributed by atoms with Crippen LogP contribution in [-0.4, -0.2) is 43.8 Å². The van der Waals surface area contributed by atoms with Gasteiger partial charge in [-0.1, -0.05) is 5.16 Å². The highest BCUT2D eigenvalue weighted by atomic mass is 32.2. The zero-order valence-corrected chi connectivity index (χ0v) is 13.7. The average molecular weight is 336 g/mol. The van der Waals surface area contributed by atoms with E-state index in [0.29, 0.717) is 30.2 Å². The van der Waals surface area contributed by atoms with E-state index in [1.54, 1.807) is 23.1 Å². The summed E-state index contributed by atoms with van der Waals surface area (Å²) in [7, 11) is -0.944. The molecule has 0 aliphatic carbocycles. The molecule has 0 N–H and O–H groups in total. The fourth-order valence-electron chi connectivity index (χ4n) is 2.54. The van der Waals surface area contributed by atoms with Crippen molar-refractivity contribution in [3.05, 3.63) is 41.8 Å². The minimum Gasteiger partial charge on any atom is -0.355 e. The predicted octanol–water partition coefficient (Wildman–Crippen LogP) is 2.46. The van der Waals surface area contributed by atoms with Gasteiger partial charge in [-0.05, 0) is 38.1 Å². The highest BCUT2D eigenvalue weighted by Crippen LogP contribution is 2.24. The van der Waals surface area contributed by atoms with Crippen LogP contribution >= 0.6 is 0 Å². The van der Waals surface area contributed by atoms with Crippen molar-refractivity contribution >= 4 is 16.7 Å². The Hall–Kier alpha value is -2.02. The maximum absolute atomic E-state index is 13.0. The van der Waals surface area contributed by atoms with Gasteiger partial charge in [0.25, 0.3) is 5.91 Å². The first-order valence-corrected chi connectivity index (χ1v) is 8.59. The Bertz CT molecular complexity index is 755. The molecular weight excluding hydrogens is 319 g/mol. The fourth-order valence-corrected chi connectivity index (χ4v) is 3.78. The van der Waals surface area contributed by atoms with Crippen LogP contribution in [0.3, 0.4) is 0 Å². The summed E-state index contributed by atoms with van der Waals surface area (Å²) in [5, 5.41) is 3.82. The van der Waals surface area contributed by atoms with Crippen molar-refractivity contribution in [3.8, 4) is 11.3 Å². The van der Waals surface area contributed by atoms with Gasteiger partial charge >= 0.3 is 0 Å². The second-order valence-electron chi connectivity index (χ2n) is 6.12. The third kappa shape index (κ3) is 3.19. The number of benzene rings is 1. The minimum absolute atomic E-state index is 0.202. The third-order valence-electron chi connectivity index (χ3n) is 3.88. The fraction of sp³-hybridized carbons (Fsp3) is 0.375. The summed E-state index contributed by atoms with van der Waals surface area (Å²) in [6.45, 7) is 4.62. The maximum Gasteiger partial charge on any atom is 0.276 e. The number of halogens is 1. The Morgan fingerprint density at radius 1 is 1.35 bits per heavy atom. The molecule has 5 nitrogen and oxygen atoms in total. The lowest BCUT2D eigenvalue weighted by atomic mass is 10.1. The van der Waals surface area contributed by atoms with Crippen molar-refractivity contribution in [2.24, 2.45) is 0 Å². The van der Waals surface area contributed by atoms with Crippen LogP contribution in [-0.2, 0) is 10.8 Å². The molecule has 1 amide bonds. The first-order valence-electron chi connectivity index (χ1n) is 7.27. The standard InChI is InChI=1S/C16H17FN2O3S/c1-16(2)10-19(7-8-23(16)21)15(20)13-9-14(22-18-13)11-3-5-12(17)6-4-11/h3-6,9H,7-8,10H2,1-2H3. The van der Waals surface area contributed by atoms with Crippen LogP contribution < -0.4 is 0 Å². The van der Waals surface area contributed by atoms with Crippen molar-refractivity contribution in [2.75, 3.05) is 18.8 Å². The Kier molecular flexibility index (Phi) is 4.06. The number of hydrogen-bond donors (Lipinski definition) is 0. The largest absolute Gasteiger partial charge is 0.355 e. The molecule has 2 heterocycles. The van der Waals surface area contributed by atoms with Crippen molar-refractivity contribution in [1.29, 1.82) is 0 Å². The first kappa shape index (κ1) is 15.9. The lowest BCUT2D eigenvalue weighted by Gasteiger charge is -2.36. The van der Waals surface area contributed by atoms with Crippen LogP contribution in [0.1, 0.15) is 24.3 Å². The molecule has 23 heavy (non-hydrogen) atoms. The smallest absolute Gasteiger partial charge is 0.276 e. The van der Waals surface area contributed by atoms with Crippen LogP contribution in [0.5, 0.6) is 0 Å². The number of nitrogens with zero attached hydrogens (tertiary/aromatic N) is 2. The monoisotopic (exact) mass is 336 g/mol. The zero-order valence-electron chi connectivity index (χ0n) is 12.9. The summed E-state index contributed by atoms with van der Waals surface area (Å²) in [6.07, 6.45) is 0. The highest BCUT2D eigenvalue weighted by molar-refractivity contribution is 7.86. The van der Waals surface area contributed by atoms with Gasteiger partial charge in [0, 0.05) is 41.3 Å². The van der Waals surface area contributed by atoms with E-state index in [9.17, 15) is 13.4 Å². The van der Waals surface area contributed by atoms with Crippen LogP contribution in [0, 0.1) is 5.82 Å². The van der Waals surface area contributed by atoms with E-state index in [0.717, 1.165) is 0 Å². The normalized spacial score (nSPS) is 20.5. The SMILES string of the molecule is CC1(C)CN(C(=O)c2cc(-c3ccc(F)cc3)on2)CCS1=O. The van der Waals surface area contributed by atoms with E-state index in [1.807, 2.05) is 13.8 Å². The van der Waals surface area contributed by atoms with E-state index in [-0.39, 0.29) is 17.4 Å². The van der Waals surface area contributed by atoms with Crippen LogP contribution in [0.4, 0.5) is 4.39 Å². The second-order valence-corrected chi connectivity index (χ2v) is 8.32. The molecule has 1 atom stereocenters. The Labute approximate surface area is 135 Å². The maximum atomic E-state index is 13.0. The first-order chi connectivity index (χ1) is 10.9. The van der Waals surface area contributed by atoms with Gasteiger partial charge in [0.15, 0.2) is 11.5 Å². The van der Waals surface area contributed by atoms with Crippen LogP contribution in [0.25, 0.3) is 11.3 Å². The number of rotatable bonds is 2. The molecule has 1 aromatic carbocycles. The van der Waals surface area contributed by atoms with E-state index in [4.69, 9.17) is 4.52 Å². The summed E-state index contributed by atoms with van der Waals surface area (Å²) >= 11 is 0. The quantitative estimate of drug-likeness (QED) is 0.845. The highest BCUT2D eigenvalue weighted by Gasteiger charge is 2.36. The lowest BCUT2D eigenvalue weighted by Crippen LogP contribution is -2.52. The molecule has 1 saturated heterocycles. The van der Waals surface area contributed by atoms with Crippen LogP contribution in [0.15, 0.2) is 34.9 Å². The predicted molar refractivity (Wildman–Crippen MR) is 84.9 cm³/mol. The summed E-state index contributed by atoms with van der Waals surface area (Å²) in [5.74, 6) is 0.287. The molecule has 1 aliphatic heterocycles. The van der Waals surface area contributed by atoms with Gasteiger partial charge in [-0.2, -0.15) is 0 Å². The summed E-state index contributed by atoms with van der Waals surface area (Å²) in [4.78, 5) is 14.2. The van der Waals surface area contributed by atoms with E-state index in [2.05, 4.69) is 5.16 Å². The molecule has 7 heteroatoms. The molecule has 1 aliphatic rings. The van der Waals surface area contributed by atoms with Gasteiger partial charge in [0.2, 0.25) is 0 Å². The molecule has 1 aromatic heterocycles. The van der Waals surface area contributed by atoms with E-state index < -0.39 is 15.5 Å². The molecule has 0 bridgehead atoms. The minimum atomic E-state index is -0.944. The second kappa shape index (κ2) is 5.88. The molecule has 0 radical (unpaired) electrons. The van der Waals surface area contributed by atoms with Crippen LogP contribution in [0.2, 0.25) is 0 Å². The summed E-state index contributed by atoms with van der Waals surface area (Å²) in [5.41, 5.74) is 0.853. The summed E-state index contributed by atoms with van der Waals surface area (Å²) in [6, 6.07) is 7.33.